The molecule has 1 aliphatic carbocycles. The van der Waals surface area contributed by atoms with Gasteiger partial charge < -0.3 is 15.0 Å². The van der Waals surface area contributed by atoms with Crippen LogP contribution in [0.1, 0.15) is 51.5 Å². The highest BCUT2D eigenvalue weighted by atomic mass is 16.5. The summed E-state index contributed by atoms with van der Waals surface area (Å²) in [6, 6.07) is 16.5. The van der Waals surface area contributed by atoms with Crippen LogP contribution < -0.4 is 10.1 Å². The lowest BCUT2D eigenvalue weighted by molar-refractivity contribution is -0.136. The molecule has 0 aromatic heterocycles. The Kier molecular flexibility index (Phi) is 7.06. The number of ether oxygens (including phenoxy) is 1. The first-order valence-corrected chi connectivity index (χ1v) is 12.2. The van der Waals surface area contributed by atoms with Gasteiger partial charge in [-0.2, -0.15) is 0 Å². The number of nitrogens with one attached hydrogen (secondary N) is 1. The summed E-state index contributed by atoms with van der Waals surface area (Å²) >= 11 is 0. The lowest BCUT2D eigenvalue weighted by Gasteiger charge is -2.30. The fourth-order valence-corrected chi connectivity index (χ4v) is 5.39. The van der Waals surface area contributed by atoms with Crippen LogP contribution in [0, 0.1) is 11.3 Å². The molecule has 0 bridgehead atoms. The second-order valence-corrected chi connectivity index (χ2v) is 9.97. The number of amides is 2. The molecule has 1 saturated carbocycles. The minimum atomic E-state index is -0.579. The van der Waals surface area contributed by atoms with Crippen LogP contribution in [0.25, 0.3) is 11.1 Å². The van der Waals surface area contributed by atoms with Crippen molar-refractivity contribution in [2.45, 2.75) is 58.4 Å². The van der Waals surface area contributed by atoms with Gasteiger partial charge in [-0.15, -0.1) is 0 Å². The molecule has 33 heavy (non-hydrogen) atoms. The Morgan fingerprint density at radius 3 is 2.45 bits per heavy atom. The summed E-state index contributed by atoms with van der Waals surface area (Å²) in [4.78, 5) is 28.4. The van der Waals surface area contributed by atoms with Gasteiger partial charge in [-0.05, 0) is 56.7 Å². The van der Waals surface area contributed by atoms with Gasteiger partial charge in [0, 0.05) is 30.6 Å². The van der Waals surface area contributed by atoms with Crippen LogP contribution in [0.3, 0.4) is 0 Å². The third-order valence-corrected chi connectivity index (χ3v) is 7.19. The van der Waals surface area contributed by atoms with Gasteiger partial charge in [-0.1, -0.05) is 55.3 Å². The van der Waals surface area contributed by atoms with Gasteiger partial charge in [-0.3, -0.25) is 9.59 Å². The fourth-order valence-electron chi connectivity index (χ4n) is 5.39. The van der Waals surface area contributed by atoms with Gasteiger partial charge in [0.15, 0.2) is 0 Å². The maximum Gasteiger partial charge on any atom is 0.228 e. The summed E-state index contributed by atoms with van der Waals surface area (Å²) in [7, 11) is 1.68. The average Bonchev–Trinajstić information content (AvgIpc) is 3.50. The van der Waals surface area contributed by atoms with Crippen LogP contribution in [-0.2, 0) is 16.0 Å². The van der Waals surface area contributed by atoms with Crippen molar-refractivity contribution in [1.82, 2.24) is 10.2 Å². The van der Waals surface area contributed by atoms with E-state index in [9.17, 15) is 9.59 Å². The number of hydrogen-bond donors (Lipinski definition) is 1. The van der Waals surface area contributed by atoms with Crippen molar-refractivity contribution in [1.29, 1.82) is 0 Å². The molecule has 0 radical (unpaired) electrons. The summed E-state index contributed by atoms with van der Waals surface area (Å²) in [6.45, 7) is 5.16. The molecule has 2 aliphatic rings. The molecule has 0 spiro atoms. The Bertz CT molecular complexity index is 979. The summed E-state index contributed by atoms with van der Waals surface area (Å²) < 4.78 is 5.51. The Labute approximate surface area is 197 Å². The van der Waals surface area contributed by atoms with Crippen molar-refractivity contribution in [2.24, 2.45) is 11.3 Å². The van der Waals surface area contributed by atoms with Crippen molar-refractivity contribution in [2.75, 3.05) is 20.2 Å². The van der Waals surface area contributed by atoms with E-state index >= 15 is 0 Å². The molecule has 2 fully saturated rings. The number of para-hydroxylation sites is 1. The standard InChI is InChI=1S/C28H36N2O3/c1-20(2)29-27(32)28(16-17-30(19-28)26(31)23-8-4-5-9-23)18-21-12-14-22(15-13-21)24-10-6-7-11-25(24)33-3/h6-7,10-15,20,23H,4-5,8-9,16-19H2,1-3H3,(H,29,32). The molecule has 5 nitrogen and oxygen atoms in total. The Balaban J connectivity index is 1.54. The van der Waals surface area contributed by atoms with Crippen LogP contribution >= 0.6 is 0 Å². The molecule has 2 aromatic carbocycles. The zero-order valence-corrected chi connectivity index (χ0v) is 20.1. The van der Waals surface area contributed by atoms with E-state index in [0.29, 0.717) is 25.9 Å². The van der Waals surface area contributed by atoms with E-state index < -0.39 is 5.41 Å². The molecule has 1 unspecified atom stereocenters. The van der Waals surface area contributed by atoms with Gasteiger partial charge in [0.05, 0.1) is 12.5 Å². The first kappa shape index (κ1) is 23.3. The van der Waals surface area contributed by atoms with Gasteiger partial charge in [0.1, 0.15) is 5.75 Å². The maximum absolute atomic E-state index is 13.4. The van der Waals surface area contributed by atoms with Crippen molar-refractivity contribution in [3.05, 3.63) is 54.1 Å². The minimum Gasteiger partial charge on any atom is -0.496 e. The quantitative estimate of drug-likeness (QED) is 0.659. The molecule has 1 atom stereocenters. The monoisotopic (exact) mass is 448 g/mol. The number of carbonyl (C=O) groups excluding carboxylic acids is 2. The lowest BCUT2D eigenvalue weighted by atomic mass is 9.79. The van der Waals surface area contributed by atoms with Crippen molar-refractivity contribution in [3.63, 3.8) is 0 Å². The first-order chi connectivity index (χ1) is 15.9. The summed E-state index contributed by atoms with van der Waals surface area (Å²) in [6.07, 6.45) is 5.60. The molecule has 1 N–H and O–H groups in total. The Hall–Kier alpha value is -2.82. The molecule has 1 aliphatic heterocycles. The highest BCUT2D eigenvalue weighted by Crippen LogP contribution is 2.38. The van der Waals surface area contributed by atoms with Crippen molar-refractivity contribution >= 4 is 11.8 Å². The normalized spacial score (nSPS) is 20.9. The average molecular weight is 449 g/mol. The SMILES string of the molecule is COc1ccccc1-c1ccc(CC2(C(=O)NC(C)C)CCN(C(=O)C3CCCC3)C2)cc1. The summed E-state index contributed by atoms with van der Waals surface area (Å²) in [5.74, 6) is 1.30. The Morgan fingerprint density at radius 1 is 1.09 bits per heavy atom. The minimum absolute atomic E-state index is 0.0630. The second-order valence-electron chi connectivity index (χ2n) is 9.97. The predicted molar refractivity (Wildman–Crippen MR) is 131 cm³/mol. The predicted octanol–water partition coefficient (Wildman–Crippen LogP) is 4.84. The van der Waals surface area contributed by atoms with Gasteiger partial charge in [-0.25, -0.2) is 0 Å². The van der Waals surface area contributed by atoms with Gasteiger partial charge in [0.2, 0.25) is 11.8 Å². The number of likely N-dealkylation sites (tertiary alicyclic amines) is 1. The first-order valence-electron chi connectivity index (χ1n) is 12.2. The number of carbonyl (C=O) groups is 2. The maximum atomic E-state index is 13.4. The molecule has 5 heteroatoms. The van der Waals surface area contributed by atoms with Crippen molar-refractivity contribution in [3.8, 4) is 16.9 Å². The van der Waals surface area contributed by atoms with Crippen LogP contribution in [0.2, 0.25) is 0 Å². The van der Waals surface area contributed by atoms with Crippen LogP contribution in [0.4, 0.5) is 0 Å². The Morgan fingerprint density at radius 2 is 1.79 bits per heavy atom. The lowest BCUT2D eigenvalue weighted by Crippen LogP contribution is -2.47. The highest BCUT2D eigenvalue weighted by molar-refractivity contribution is 5.86. The fraction of sp³-hybridized carbons (Fsp3) is 0.500. The number of benzene rings is 2. The zero-order valence-electron chi connectivity index (χ0n) is 20.1. The number of hydrogen-bond acceptors (Lipinski definition) is 3. The van der Waals surface area contributed by atoms with Crippen LogP contribution in [-0.4, -0.2) is 43.0 Å². The molecular weight excluding hydrogens is 412 g/mol. The van der Waals surface area contributed by atoms with Crippen LogP contribution in [0.5, 0.6) is 5.75 Å². The molecule has 2 amide bonds. The molecule has 176 valence electrons. The smallest absolute Gasteiger partial charge is 0.228 e. The third-order valence-electron chi connectivity index (χ3n) is 7.19. The third kappa shape index (κ3) is 5.07. The van der Waals surface area contributed by atoms with Gasteiger partial charge in [0.25, 0.3) is 0 Å². The van der Waals surface area contributed by atoms with E-state index in [-0.39, 0.29) is 23.8 Å². The van der Waals surface area contributed by atoms with Gasteiger partial charge >= 0.3 is 0 Å². The molecule has 1 heterocycles. The van der Waals surface area contributed by atoms with E-state index in [2.05, 4.69) is 35.6 Å². The summed E-state index contributed by atoms with van der Waals surface area (Å²) in [5.41, 5.74) is 2.67. The molecular formula is C28H36N2O3. The van der Waals surface area contributed by atoms with E-state index in [1.54, 1.807) is 7.11 Å². The number of methoxy groups -OCH3 is 1. The summed E-state index contributed by atoms with van der Waals surface area (Å²) in [5, 5.41) is 3.13. The molecule has 2 aromatic rings. The van der Waals surface area contributed by atoms with E-state index in [0.717, 1.165) is 48.1 Å². The van der Waals surface area contributed by atoms with Crippen LogP contribution in [0.15, 0.2) is 48.5 Å². The second kappa shape index (κ2) is 9.98. The zero-order chi connectivity index (χ0) is 23.4. The molecule has 1 saturated heterocycles. The topological polar surface area (TPSA) is 58.6 Å². The number of nitrogens with zero attached hydrogens (tertiary/aromatic N) is 1. The molecule has 4 rings (SSSR count). The largest absolute Gasteiger partial charge is 0.496 e. The van der Waals surface area contributed by atoms with Crippen molar-refractivity contribution < 1.29 is 14.3 Å². The number of rotatable bonds is 7. The van der Waals surface area contributed by atoms with E-state index in [1.165, 1.54) is 0 Å². The highest BCUT2D eigenvalue weighted by Gasteiger charge is 2.47. The van der Waals surface area contributed by atoms with E-state index in [4.69, 9.17) is 4.74 Å². The van der Waals surface area contributed by atoms with E-state index in [1.807, 2.05) is 36.9 Å².